The quantitative estimate of drug-likeness (QED) is 0.756. The van der Waals surface area contributed by atoms with Crippen LogP contribution < -0.4 is 14.8 Å². The lowest BCUT2D eigenvalue weighted by Crippen LogP contribution is -2.28. The fourth-order valence-electron chi connectivity index (χ4n) is 2.02. The van der Waals surface area contributed by atoms with Crippen molar-refractivity contribution in [2.45, 2.75) is 13.5 Å². The molecule has 0 radical (unpaired) electrons. The van der Waals surface area contributed by atoms with E-state index in [4.69, 9.17) is 9.47 Å². The van der Waals surface area contributed by atoms with Crippen molar-refractivity contribution in [1.82, 2.24) is 5.32 Å². The number of hydrogen-bond donors (Lipinski definition) is 1. The normalized spacial score (nSPS) is 10.1. The van der Waals surface area contributed by atoms with E-state index in [0.717, 1.165) is 0 Å². The van der Waals surface area contributed by atoms with Gasteiger partial charge in [0, 0.05) is 17.7 Å². The maximum absolute atomic E-state index is 13.5. The first-order valence-electron chi connectivity index (χ1n) is 7.49. The summed E-state index contributed by atoms with van der Waals surface area (Å²) in [5, 5.41) is 2.58. The van der Waals surface area contributed by atoms with Crippen LogP contribution in [0.4, 0.5) is 4.39 Å². The van der Waals surface area contributed by atoms with Gasteiger partial charge < -0.3 is 14.8 Å². The molecule has 2 rings (SSSR count). The monoisotopic (exact) mass is 331 g/mol. The molecule has 0 heterocycles. The van der Waals surface area contributed by atoms with Crippen molar-refractivity contribution in [1.29, 1.82) is 0 Å². The number of rotatable bonds is 8. The van der Waals surface area contributed by atoms with Gasteiger partial charge >= 0.3 is 0 Å². The van der Waals surface area contributed by atoms with Crippen LogP contribution in [-0.4, -0.2) is 25.4 Å². The van der Waals surface area contributed by atoms with E-state index in [9.17, 15) is 14.0 Å². The molecule has 126 valence electrons. The lowest BCUT2D eigenvalue weighted by Gasteiger charge is -2.12. The largest absolute Gasteiger partial charge is 0.490 e. The molecule has 24 heavy (non-hydrogen) atoms. The summed E-state index contributed by atoms with van der Waals surface area (Å²) in [6.45, 7) is 2.04. The van der Waals surface area contributed by atoms with Gasteiger partial charge in [-0.3, -0.25) is 9.59 Å². The van der Waals surface area contributed by atoms with Crippen molar-refractivity contribution in [2.24, 2.45) is 0 Å². The second-order valence-corrected chi connectivity index (χ2v) is 4.91. The van der Waals surface area contributed by atoms with E-state index in [2.05, 4.69) is 5.32 Å². The summed E-state index contributed by atoms with van der Waals surface area (Å²) in [5.41, 5.74) is 0.853. The number of nitrogens with one attached hydrogen (secondary N) is 1. The van der Waals surface area contributed by atoms with Crippen LogP contribution in [0.15, 0.2) is 42.5 Å². The fraction of sp³-hybridized carbons (Fsp3) is 0.222. The minimum absolute atomic E-state index is 0.0806. The Morgan fingerprint density at radius 3 is 2.67 bits per heavy atom. The van der Waals surface area contributed by atoms with Crippen LogP contribution in [0.3, 0.4) is 0 Å². The molecule has 6 heteroatoms. The van der Waals surface area contributed by atoms with E-state index < -0.39 is 0 Å². The minimum atomic E-state index is -0.389. The highest BCUT2D eigenvalue weighted by molar-refractivity contribution is 5.78. The molecule has 0 saturated heterocycles. The van der Waals surface area contributed by atoms with Crippen LogP contribution >= 0.6 is 0 Å². The molecule has 0 aromatic heterocycles. The van der Waals surface area contributed by atoms with Gasteiger partial charge in [0.05, 0.1) is 6.61 Å². The third-order valence-electron chi connectivity index (χ3n) is 3.20. The van der Waals surface area contributed by atoms with Gasteiger partial charge in [-0.15, -0.1) is 0 Å². The Labute approximate surface area is 139 Å². The molecule has 0 saturated carbocycles. The number of aldehydes is 1. The summed E-state index contributed by atoms with van der Waals surface area (Å²) in [6.07, 6.45) is 0.702. The van der Waals surface area contributed by atoms with Crippen molar-refractivity contribution >= 4 is 12.2 Å². The average Bonchev–Trinajstić information content (AvgIpc) is 2.60. The van der Waals surface area contributed by atoms with E-state index in [1.807, 2.05) is 0 Å². The van der Waals surface area contributed by atoms with Crippen LogP contribution in [0.5, 0.6) is 11.5 Å². The summed E-state index contributed by atoms with van der Waals surface area (Å²) < 4.78 is 24.3. The maximum atomic E-state index is 13.5. The van der Waals surface area contributed by atoms with Gasteiger partial charge in [-0.1, -0.05) is 18.2 Å². The van der Waals surface area contributed by atoms with Crippen molar-refractivity contribution in [2.75, 3.05) is 13.2 Å². The van der Waals surface area contributed by atoms with E-state index in [0.29, 0.717) is 35.5 Å². The molecule has 2 aromatic carbocycles. The van der Waals surface area contributed by atoms with Crippen LogP contribution in [0.25, 0.3) is 0 Å². The van der Waals surface area contributed by atoms with Crippen LogP contribution in [0, 0.1) is 5.82 Å². The molecule has 0 bridgehead atoms. The first-order valence-corrected chi connectivity index (χ1v) is 7.49. The topological polar surface area (TPSA) is 64.6 Å². The Morgan fingerprint density at radius 1 is 1.17 bits per heavy atom. The second-order valence-electron chi connectivity index (χ2n) is 4.91. The van der Waals surface area contributed by atoms with E-state index in [1.54, 1.807) is 43.3 Å². The Hall–Kier alpha value is -2.89. The number of ether oxygens (including phenoxy) is 2. The van der Waals surface area contributed by atoms with E-state index in [-0.39, 0.29) is 24.9 Å². The van der Waals surface area contributed by atoms with Crippen LogP contribution in [0.1, 0.15) is 22.8 Å². The number of carbonyl (C=O) groups excluding carboxylic acids is 2. The Kier molecular flexibility index (Phi) is 6.31. The standard InChI is InChI=1S/C18H18FNO4/c1-2-23-17-9-13(11-21)7-8-16(17)24-12-18(22)20-10-14-5-3-4-6-15(14)19/h3-9,11H,2,10,12H2,1H3,(H,20,22). The first kappa shape index (κ1) is 17.5. The molecule has 0 aliphatic carbocycles. The van der Waals surface area contributed by atoms with Gasteiger partial charge in [-0.2, -0.15) is 0 Å². The molecule has 1 N–H and O–H groups in total. The average molecular weight is 331 g/mol. The molecule has 0 fully saturated rings. The van der Waals surface area contributed by atoms with Crippen LogP contribution in [0.2, 0.25) is 0 Å². The fourth-order valence-corrected chi connectivity index (χ4v) is 2.02. The molecule has 0 aliphatic heterocycles. The Balaban J connectivity index is 1.91. The van der Waals surface area contributed by atoms with Gasteiger partial charge in [0.25, 0.3) is 5.91 Å². The number of carbonyl (C=O) groups is 2. The molecular weight excluding hydrogens is 313 g/mol. The lowest BCUT2D eigenvalue weighted by atomic mass is 10.2. The zero-order valence-corrected chi connectivity index (χ0v) is 13.3. The van der Waals surface area contributed by atoms with Crippen molar-refractivity contribution < 1.29 is 23.5 Å². The molecule has 5 nitrogen and oxygen atoms in total. The molecule has 0 atom stereocenters. The van der Waals surface area contributed by atoms with E-state index >= 15 is 0 Å². The molecule has 0 spiro atoms. The lowest BCUT2D eigenvalue weighted by molar-refractivity contribution is -0.123. The number of hydrogen-bond acceptors (Lipinski definition) is 4. The van der Waals surface area contributed by atoms with Crippen molar-refractivity contribution in [3.05, 3.63) is 59.4 Å². The highest BCUT2D eigenvalue weighted by Gasteiger charge is 2.10. The van der Waals surface area contributed by atoms with Gasteiger partial charge in [-0.25, -0.2) is 4.39 Å². The van der Waals surface area contributed by atoms with Gasteiger partial charge in [-0.05, 0) is 31.2 Å². The van der Waals surface area contributed by atoms with Gasteiger partial charge in [0.1, 0.15) is 12.1 Å². The maximum Gasteiger partial charge on any atom is 0.258 e. The third-order valence-corrected chi connectivity index (χ3v) is 3.20. The summed E-state index contributed by atoms with van der Waals surface area (Å²) in [4.78, 5) is 22.6. The Morgan fingerprint density at radius 2 is 1.96 bits per heavy atom. The molecule has 0 unspecified atom stereocenters. The highest BCUT2D eigenvalue weighted by atomic mass is 19.1. The van der Waals surface area contributed by atoms with Gasteiger partial charge in [0.2, 0.25) is 0 Å². The zero-order valence-electron chi connectivity index (χ0n) is 13.3. The smallest absolute Gasteiger partial charge is 0.258 e. The third kappa shape index (κ3) is 4.81. The predicted molar refractivity (Wildman–Crippen MR) is 86.7 cm³/mol. The molecule has 1 amide bonds. The summed E-state index contributed by atoms with van der Waals surface area (Å²) >= 11 is 0. The summed E-state index contributed by atoms with van der Waals surface area (Å²) in [6, 6.07) is 10.9. The number of benzene rings is 2. The Bertz CT molecular complexity index is 718. The first-order chi connectivity index (χ1) is 11.6. The summed E-state index contributed by atoms with van der Waals surface area (Å²) in [7, 11) is 0. The van der Waals surface area contributed by atoms with Gasteiger partial charge in [0.15, 0.2) is 18.1 Å². The number of amides is 1. The molecular formula is C18H18FNO4. The zero-order chi connectivity index (χ0) is 17.4. The molecule has 2 aromatic rings. The van der Waals surface area contributed by atoms with E-state index in [1.165, 1.54) is 6.07 Å². The molecule has 0 aliphatic rings. The second kappa shape index (κ2) is 8.67. The van der Waals surface area contributed by atoms with Crippen molar-refractivity contribution in [3.8, 4) is 11.5 Å². The SMILES string of the molecule is CCOc1cc(C=O)ccc1OCC(=O)NCc1ccccc1F. The summed E-state index contributed by atoms with van der Waals surface area (Å²) in [5.74, 6) is -0.00513. The number of halogens is 1. The van der Waals surface area contributed by atoms with Crippen molar-refractivity contribution in [3.63, 3.8) is 0 Å². The minimum Gasteiger partial charge on any atom is -0.490 e. The van der Waals surface area contributed by atoms with Crippen LogP contribution in [-0.2, 0) is 11.3 Å². The highest BCUT2D eigenvalue weighted by Crippen LogP contribution is 2.27. The predicted octanol–water partition coefficient (Wildman–Crippen LogP) is 2.73.